The van der Waals surface area contributed by atoms with Crippen molar-refractivity contribution in [3.05, 3.63) is 10.1 Å². The molecular weight excluding hydrogens is 225 g/mol. The fourth-order valence-electron chi connectivity index (χ4n) is 1.98. The summed E-state index contributed by atoms with van der Waals surface area (Å²) < 4.78 is 37.9. The van der Waals surface area contributed by atoms with E-state index in [1.165, 1.54) is 0 Å². The second kappa shape index (κ2) is 4.99. The Kier molecular flexibility index (Phi) is 4.12. The van der Waals surface area contributed by atoms with Crippen molar-refractivity contribution in [2.45, 2.75) is 56.9 Å². The molecule has 1 saturated carbocycles. The summed E-state index contributed by atoms with van der Waals surface area (Å²) in [6.07, 6.45) is -1.48. The van der Waals surface area contributed by atoms with Crippen LogP contribution < -0.4 is 5.32 Å². The highest BCUT2D eigenvalue weighted by Crippen LogP contribution is 2.27. The van der Waals surface area contributed by atoms with Crippen LogP contribution in [-0.2, 0) is 0 Å². The molecular formula is C9H15F3N2O2. The van der Waals surface area contributed by atoms with E-state index in [2.05, 4.69) is 5.32 Å². The molecule has 2 atom stereocenters. The van der Waals surface area contributed by atoms with Crippen molar-refractivity contribution in [3.63, 3.8) is 0 Å². The van der Waals surface area contributed by atoms with Gasteiger partial charge in [-0.15, -0.1) is 0 Å². The first kappa shape index (κ1) is 13.2. The van der Waals surface area contributed by atoms with Crippen LogP contribution >= 0.6 is 0 Å². The molecule has 1 rings (SSSR count). The lowest BCUT2D eigenvalue weighted by Crippen LogP contribution is -2.54. The smallest absolute Gasteiger partial charge is 0.298 e. The standard InChI is InChI=1S/C9H15F3N2O2/c1-6(14(15)16)8(9(10,11)12)13-7-4-2-3-5-7/h6-8,13H,2-5H2,1H3/t6-,8-/m0/s1. The highest BCUT2D eigenvalue weighted by molar-refractivity contribution is 4.86. The van der Waals surface area contributed by atoms with Crippen LogP contribution in [0.25, 0.3) is 0 Å². The maximum absolute atomic E-state index is 12.6. The van der Waals surface area contributed by atoms with Crippen molar-refractivity contribution in [1.82, 2.24) is 5.32 Å². The van der Waals surface area contributed by atoms with Gasteiger partial charge in [0.25, 0.3) is 0 Å². The normalized spacial score (nSPS) is 22.0. The summed E-state index contributed by atoms with van der Waals surface area (Å²) in [5.74, 6) is 0. The molecule has 1 fully saturated rings. The third-order valence-corrected chi connectivity index (χ3v) is 2.94. The maximum atomic E-state index is 12.6. The molecule has 1 N–H and O–H groups in total. The molecule has 7 heteroatoms. The van der Waals surface area contributed by atoms with Gasteiger partial charge < -0.3 is 0 Å². The van der Waals surface area contributed by atoms with Crippen LogP contribution in [0.15, 0.2) is 0 Å². The Morgan fingerprint density at radius 2 is 1.88 bits per heavy atom. The minimum atomic E-state index is -4.57. The van der Waals surface area contributed by atoms with E-state index in [0.29, 0.717) is 12.8 Å². The summed E-state index contributed by atoms with van der Waals surface area (Å²) in [4.78, 5) is 9.54. The number of hydrogen-bond donors (Lipinski definition) is 1. The molecule has 94 valence electrons. The fourth-order valence-corrected chi connectivity index (χ4v) is 1.98. The van der Waals surface area contributed by atoms with Crippen LogP contribution in [0, 0.1) is 10.1 Å². The Bertz CT molecular complexity index is 252. The molecule has 0 bridgehead atoms. The minimum Gasteiger partial charge on any atom is -0.298 e. The summed E-state index contributed by atoms with van der Waals surface area (Å²) in [6, 6.07) is -3.94. The second-order valence-electron chi connectivity index (χ2n) is 4.19. The van der Waals surface area contributed by atoms with Crippen LogP contribution in [0.5, 0.6) is 0 Å². The molecule has 4 nitrogen and oxygen atoms in total. The minimum absolute atomic E-state index is 0.242. The lowest BCUT2D eigenvalue weighted by molar-refractivity contribution is -0.530. The third-order valence-electron chi connectivity index (χ3n) is 2.94. The Hall–Kier alpha value is -0.850. The molecule has 0 aromatic heterocycles. The molecule has 0 aromatic carbocycles. The van der Waals surface area contributed by atoms with Crippen molar-refractivity contribution in [3.8, 4) is 0 Å². The molecule has 0 heterocycles. The van der Waals surface area contributed by atoms with Gasteiger partial charge in [-0.1, -0.05) is 12.8 Å². The number of nitro groups is 1. The summed E-state index contributed by atoms with van der Waals surface area (Å²) in [5, 5.41) is 12.8. The molecule has 1 aliphatic rings. The van der Waals surface area contributed by atoms with Gasteiger partial charge >= 0.3 is 6.18 Å². The van der Waals surface area contributed by atoms with Crippen LogP contribution in [0.1, 0.15) is 32.6 Å². The number of hydrogen-bond acceptors (Lipinski definition) is 3. The van der Waals surface area contributed by atoms with Gasteiger partial charge in [0.1, 0.15) is 0 Å². The Balaban J connectivity index is 2.67. The Morgan fingerprint density at radius 3 is 2.25 bits per heavy atom. The highest BCUT2D eigenvalue weighted by Gasteiger charge is 2.49. The number of rotatable bonds is 4. The molecule has 0 unspecified atom stereocenters. The topological polar surface area (TPSA) is 55.2 Å². The highest BCUT2D eigenvalue weighted by atomic mass is 19.4. The van der Waals surface area contributed by atoms with Crippen LogP contribution in [0.2, 0.25) is 0 Å². The second-order valence-corrected chi connectivity index (χ2v) is 4.19. The summed E-state index contributed by atoms with van der Waals surface area (Å²) in [6.45, 7) is 0.986. The monoisotopic (exact) mass is 240 g/mol. The molecule has 16 heavy (non-hydrogen) atoms. The van der Waals surface area contributed by atoms with E-state index in [4.69, 9.17) is 0 Å². The van der Waals surface area contributed by atoms with E-state index >= 15 is 0 Å². The molecule has 1 aliphatic carbocycles. The van der Waals surface area contributed by atoms with Crippen molar-refractivity contribution in [2.75, 3.05) is 0 Å². The molecule has 0 amide bonds. The summed E-state index contributed by atoms with van der Waals surface area (Å²) in [7, 11) is 0. The molecule has 0 spiro atoms. The van der Waals surface area contributed by atoms with E-state index in [1.54, 1.807) is 0 Å². The fraction of sp³-hybridized carbons (Fsp3) is 1.00. The predicted octanol–water partition coefficient (Wildman–Crippen LogP) is 2.11. The lowest BCUT2D eigenvalue weighted by Gasteiger charge is -2.25. The van der Waals surface area contributed by atoms with Crippen molar-refractivity contribution >= 4 is 0 Å². The Morgan fingerprint density at radius 1 is 1.38 bits per heavy atom. The zero-order chi connectivity index (χ0) is 12.3. The van der Waals surface area contributed by atoms with Gasteiger partial charge in [-0.2, -0.15) is 13.2 Å². The first-order chi connectivity index (χ1) is 7.32. The van der Waals surface area contributed by atoms with Crippen LogP contribution in [-0.4, -0.2) is 29.2 Å². The average molecular weight is 240 g/mol. The zero-order valence-electron chi connectivity index (χ0n) is 8.96. The van der Waals surface area contributed by atoms with E-state index in [0.717, 1.165) is 19.8 Å². The Labute approximate surface area is 91.4 Å². The quantitative estimate of drug-likeness (QED) is 0.605. The maximum Gasteiger partial charge on any atom is 0.410 e. The number of halogens is 3. The van der Waals surface area contributed by atoms with E-state index < -0.39 is 23.2 Å². The van der Waals surface area contributed by atoms with Gasteiger partial charge in [0.05, 0.1) is 0 Å². The largest absolute Gasteiger partial charge is 0.410 e. The SMILES string of the molecule is C[C@@H]([C@H](NC1CCCC1)C(F)(F)F)[N+](=O)[O-]. The van der Waals surface area contributed by atoms with Crippen LogP contribution in [0.3, 0.4) is 0 Å². The van der Waals surface area contributed by atoms with E-state index in [1.807, 2.05) is 0 Å². The van der Waals surface area contributed by atoms with E-state index in [-0.39, 0.29) is 6.04 Å². The predicted molar refractivity (Wildman–Crippen MR) is 51.7 cm³/mol. The number of nitrogens with one attached hydrogen (secondary N) is 1. The third kappa shape index (κ3) is 3.33. The van der Waals surface area contributed by atoms with Crippen molar-refractivity contribution in [1.29, 1.82) is 0 Å². The van der Waals surface area contributed by atoms with Crippen LogP contribution in [0.4, 0.5) is 13.2 Å². The van der Waals surface area contributed by atoms with Gasteiger partial charge in [-0.25, -0.2) is 0 Å². The number of nitrogens with zero attached hydrogens (tertiary/aromatic N) is 1. The summed E-state index contributed by atoms with van der Waals surface area (Å²) >= 11 is 0. The van der Waals surface area contributed by atoms with Crippen molar-refractivity contribution < 1.29 is 18.1 Å². The molecule has 0 aromatic rings. The van der Waals surface area contributed by atoms with Gasteiger partial charge in [0.15, 0.2) is 6.04 Å². The lowest BCUT2D eigenvalue weighted by atomic mass is 10.1. The first-order valence-corrected chi connectivity index (χ1v) is 5.28. The average Bonchev–Trinajstić information content (AvgIpc) is 2.63. The molecule has 0 saturated heterocycles. The van der Waals surface area contributed by atoms with E-state index in [9.17, 15) is 23.3 Å². The van der Waals surface area contributed by atoms with Gasteiger partial charge in [-0.3, -0.25) is 15.4 Å². The molecule has 0 radical (unpaired) electrons. The zero-order valence-corrected chi connectivity index (χ0v) is 8.96. The van der Waals surface area contributed by atoms with Gasteiger partial charge in [-0.05, 0) is 12.8 Å². The summed E-state index contributed by atoms with van der Waals surface area (Å²) in [5.41, 5.74) is 0. The van der Waals surface area contributed by atoms with Gasteiger partial charge in [0, 0.05) is 17.9 Å². The number of alkyl halides is 3. The molecule has 0 aliphatic heterocycles. The van der Waals surface area contributed by atoms with Crippen molar-refractivity contribution in [2.24, 2.45) is 0 Å². The van der Waals surface area contributed by atoms with Gasteiger partial charge in [0.2, 0.25) is 6.04 Å². The first-order valence-electron chi connectivity index (χ1n) is 5.28.